The van der Waals surface area contributed by atoms with E-state index in [9.17, 15) is 4.79 Å². The third-order valence-electron chi connectivity index (χ3n) is 3.84. The normalized spacial score (nSPS) is 10.8. The number of benzene rings is 3. The molecule has 0 heterocycles. The lowest BCUT2D eigenvalue weighted by Crippen LogP contribution is -2.24. The summed E-state index contributed by atoms with van der Waals surface area (Å²) < 4.78 is 11.4. The Hall–Kier alpha value is -3.54. The third kappa shape index (κ3) is 4.10. The van der Waals surface area contributed by atoms with Gasteiger partial charge >= 0.3 is 6.03 Å². The van der Waals surface area contributed by atoms with Crippen molar-refractivity contribution in [2.24, 2.45) is 10.8 Å². The maximum atomic E-state index is 10.6. The molecular formula is C20H19N3O3. The number of nitrogens with one attached hydrogen (secondary N) is 1. The Labute approximate surface area is 151 Å². The lowest BCUT2D eigenvalue weighted by atomic mass is 10.1. The molecule has 0 radical (unpaired) electrons. The summed E-state index contributed by atoms with van der Waals surface area (Å²) >= 11 is 0. The lowest BCUT2D eigenvalue weighted by molar-refractivity contribution is 0.249. The molecule has 0 aliphatic rings. The predicted molar refractivity (Wildman–Crippen MR) is 102 cm³/mol. The molecule has 132 valence electrons. The topological polar surface area (TPSA) is 85.9 Å². The van der Waals surface area contributed by atoms with Gasteiger partial charge in [0, 0.05) is 0 Å². The first-order valence-electron chi connectivity index (χ1n) is 8.03. The van der Waals surface area contributed by atoms with Crippen LogP contribution in [0.5, 0.6) is 11.5 Å². The zero-order valence-corrected chi connectivity index (χ0v) is 14.3. The Balaban J connectivity index is 1.77. The van der Waals surface area contributed by atoms with Crippen LogP contribution in [0.15, 0.2) is 65.8 Å². The third-order valence-corrected chi connectivity index (χ3v) is 3.84. The fraction of sp³-hybridized carbons (Fsp3) is 0.100. The van der Waals surface area contributed by atoms with E-state index in [4.69, 9.17) is 15.2 Å². The number of rotatable bonds is 6. The van der Waals surface area contributed by atoms with Crippen molar-refractivity contribution in [1.29, 1.82) is 0 Å². The summed E-state index contributed by atoms with van der Waals surface area (Å²) in [6.45, 7) is 0.425. The first kappa shape index (κ1) is 17.3. The molecule has 0 aliphatic heterocycles. The van der Waals surface area contributed by atoms with Crippen LogP contribution in [-0.2, 0) is 6.61 Å². The Morgan fingerprint density at radius 2 is 1.92 bits per heavy atom. The number of primary amides is 1. The van der Waals surface area contributed by atoms with Crippen molar-refractivity contribution < 1.29 is 14.3 Å². The van der Waals surface area contributed by atoms with Crippen molar-refractivity contribution in [1.82, 2.24) is 5.43 Å². The number of hydrogen-bond donors (Lipinski definition) is 2. The van der Waals surface area contributed by atoms with E-state index in [0.717, 1.165) is 16.5 Å². The van der Waals surface area contributed by atoms with Crippen LogP contribution in [0.3, 0.4) is 0 Å². The Kier molecular flexibility index (Phi) is 5.34. The van der Waals surface area contributed by atoms with E-state index in [2.05, 4.69) is 28.7 Å². The monoisotopic (exact) mass is 349 g/mol. The molecular weight excluding hydrogens is 330 g/mol. The number of ether oxygens (including phenoxy) is 2. The molecule has 0 spiro atoms. The number of carbonyl (C=O) groups excluding carboxylic acids is 1. The minimum Gasteiger partial charge on any atom is -0.493 e. The van der Waals surface area contributed by atoms with Gasteiger partial charge in [0.25, 0.3) is 0 Å². The SMILES string of the molecule is COc1cc(/C=N/NC(N)=O)ccc1OCc1cccc2ccccc12. The van der Waals surface area contributed by atoms with Gasteiger partial charge in [0.1, 0.15) is 6.61 Å². The van der Waals surface area contributed by atoms with Gasteiger partial charge in [0.2, 0.25) is 0 Å². The average Bonchev–Trinajstić information content (AvgIpc) is 2.66. The molecule has 3 rings (SSSR count). The Bertz CT molecular complexity index is 949. The maximum Gasteiger partial charge on any atom is 0.332 e. The van der Waals surface area contributed by atoms with Crippen molar-refractivity contribution in [2.75, 3.05) is 7.11 Å². The number of carbonyl (C=O) groups is 1. The number of methoxy groups -OCH3 is 1. The Morgan fingerprint density at radius 1 is 1.12 bits per heavy atom. The van der Waals surface area contributed by atoms with E-state index in [1.165, 1.54) is 11.6 Å². The number of hydrogen-bond acceptors (Lipinski definition) is 4. The van der Waals surface area contributed by atoms with Crippen molar-refractivity contribution >= 4 is 23.0 Å². The lowest BCUT2D eigenvalue weighted by Gasteiger charge is -2.12. The quantitative estimate of drug-likeness (QED) is 0.528. The molecule has 0 saturated carbocycles. The van der Waals surface area contributed by atoms with Gasteiger partial charge in [0.05, 0.1) is 13.3 Å². The van der Waals surface area contributed by atoms with Gasteiger partial charge in [-0.25, -0.2) is 10.2 Å². The first-order valence-corrected chi connectivity index (χ1v) is 8.03. The molecule has 0 bridgehead atoms. The number of fused-ring (bicyclic) bond motifs is 1. The number of amides is 2. The zero-order valence-electron chi connectivity index (χ0n) is 14.3. The van der Waals surface area contributed by atoms with Gasteiger partial charge in [-0.15, -0.1) is 0 Å². The average molecular weight is 349 g/mol. The summed E-state index contributed by atoms with van der Waals surface area (Å²) in [5, 5.41) is 6.07. The largest absolute Gasteiger partial charge is 0.493 e. The molecule has 3 aromatic rings. The smallest absolute Gasteiger partial charge is 0.332 e. The van der Waals surface area contributed by atoms with Crippen LogP contribution >= 0.6 is 0 Å². The fourth-order valence-corrected chi connectivity index (χ4v) is 2.63. The molecule has 0 saturated heterocycles. The second-order valence-electron chi connectivity index (χ2n) is 5.57. The van der Waals surface area contributed by atoms with E-state index >= 15 is 0 Å². The van der Waals surface area contributed by atoms with Crippen LogP contribution in [-0.4, -0.2) is 19.4 Å². The fourth-order valence-electron chi connectivity index (χ4n) is 2.63. The van der Waals surface area contributed by atoms with Crippen LogP contribution in [0.1, 0.15) is 11.1 Å². The highest BCUT2D eigenvalue weighted by Crippen LogP contribution is 2.29. The molecule has 3 N–H and O–H groups in total. The molecule has 6 nitrogen and oxygen atoms in total. The van der Waals surface area contributed by atoms with Gasteiger partial charge in [-0.2, -0.15) is 5.10 Å². The van der Waals surface area contributed by atoms with Gasteiger partial charge in [-0.3, -0.25) is 0 Å². The first-order chi connectivity index (χ1) is 12.7. The summed E-state index contributed by atoms with van der Waals surface area (Å²) in [6, 6.07) is 19.0. The summed E-state index contributed by atoms with van der Waals surface area (Å²) in [7, 11) is 1.57. The maximum absolute atomic E-state index is 10.6. The highest BCUT2D eigenvalue weighted by molar-refractivity contribution is 5.85. The van der Waals surface area contributed by atoms with E-state index in [-0.39, 0.29) is 0 Å². The highest BCUT2D eigenvalue weighted by atomic mass is 16.5. The van der Waals surface area contributed by atoms with Crippen molar-refractivity contribution in [3.8, 4) is 11.5 Å². The van der Waals surface area contributed by atoms with Crippen LogP contribution in [0.25, 0.3) is 10.8 Å². The van der Waals surface area contributed by atoms with Crippen LogP contribution < -0.4 is 20.6 Å². The Morgan fingerprint density at radius 3 is 2.73 bits per heavy atom. The molecule has 0 aliphatic carbocycles. The van der Waals surface area contributed by atoms with Crippen molar-refractivity contribution in [2.45, 2.75) is 6.61 Å². The molecule has 26 heavy (non-hydrogen) atoms. The summed E-state index contributed by atoms with van der Waals surface area (Å²) in [5.41, 5.74) is 8.95. The summed E-state index contributed by atoms with van der Waals surface area (Å²) in [6.07, 6.45) is 1.47. The minimum atomic E-state index is -0.719. The van der Waals surface area contributed by atoms with E-state index in [1.54, 1.807) is 19.2 Å². The van der Waals surface area contributed by atoms with Crippen LogP contribution in [0.2, 0.25) is 0 Å². The van der Waals surface area contributed by atoms with Gasteiger partial charge in [-0.05, 0) is 40.1 Å². The summed E-state index contributed by atoms with van der Waals surface area (Å²) in [5.74, 6) is 1.20. The molecule has 2 amide bonds. The van der Waals surface area contributed by atoms with Gasteiger partial charge < -0.3 is 15.2 Å². The predicted octanol–water partition coefficient (Wildman–Crippen LogP) is 3.43. The minimum absolute atomic E-state index is 0.425. The molecule has 3 aromatic carbocycles. The number of hydrazone groups is 1. The highest BCUT2D eigenvalue weighted by Gasteiger charge is 2.07. The van der Waals surface area contributed by atoms with Gasteiger partial charge in [0.15, 0.2) is 11.5 Å². The van der Waals surface area contributed by atoms with Crippen molar-refractivity contribution in [3.05, 3.63) is 71.8 Å². The van der Waals surface area contributed by atoms with Crippen LogP contribution in [0, 0.1) is 0 Å². The molecule has 0 fully saturated rings. The second-order valence-corrected chi connectivity index (χ2v) is 5.57. The number of nitrogens with zero attached hydrogens (tertiary/aromatic N) is 1. The molecule has 0 atom stereocenters. The van der Waals surface area contributed by atoms with Gasteiger partial charge in [-0.1, -0.05) is 42.5 Å². The second kappa shape index (κ2) is 8.02. The standard InChI is InChI=1S/C20H19N3O3/c1-25-19-11-14(12-22-23-20(21)24)9-10-18(19)26-13-16-7-4-6-15-5-2-3-8-17(15)16/h2-12H,13H2,1H3,(H3,21,23,24)/b22-12+. The molecule has 6 heteroatoms. The van der Waals surface area contributed by atoms with Crippen molar-refractivity contribution in [3.63, 3.8) is 0 Å². The number of nitrogens with two attached hydrogens (primary N) is 1. The van der Waals surface area contributed by atoms with E-state index in [0.29, 0.717) is 18.1 Å². The van der Waals surface area contributed by atoms with E-state index < -0.39 is 6.03 Å². The van der Waals surface area contributed by atoms with E-state index in [1.807, 2.05) is 30.3 Å². The molecule has 0 aromatic heterocycles. The van der Waals surface area contributed by atoms with Crippen LogP contribution in [0.4, 0.5) is 4.79 Å². The number of urea groups is 1. The molecule has 0 unspecified atom stereocenters. The zero-order chi connectivity index (χ0) is 18.4. The summed E-state index contributed by atoms with van der Waals surface area (Å²) in [4.78, 5) is 10.6.